The number of nitriles is 1. The maximum atomic E-state index is 12.9. The van der Waals surface area contributed by atoms with E-state index in [9.17, 15) is 19.6 Å². The van der Waals surface area contributed by atoms with E-state index in [2.05, 4.69) is 4.98 Å². The van der Waals surface area contributed by atoms with E-state index in [1.807, 2.05) is 6.07 Å². The highest BCUT2D eigenvalue weighted by Crippen LogP contribution is 2.32. The number of aromatic nitrogens is 2. The molecule has 1 aliphatic rings. The predicted molar refractivity (Wildman–Crippen MR) is 122 cm³/mol. The Labute approximate surface area is 193 Å². The maximum absolute atomic E-state index is 12.9. The van der Waals surface area contributed by atoms with Gasteiger partial charge in [0, 0.05) is 18.5 Å². The minimum absolute atomic E-state index is 0.0896. The Balaban J connectivity index is 1.61. The van der Waals surface area contributed by atoms with Crippen molar-refractivity contribution in [1.29, 1.82) is 5.26 Å². The molecule has 1 aliphatic heterocycles. The molecule has 2 aromatic heterocycles. The minimum Gasteiger partial charge on any atom is -0.462 e. The summed E-state index contributed by atoms with van der Waals surface area (Å²) in [4.78, 5) is 42.6. The van der Waals surface area contributed by atoms with Crippen molar-refractivity contribution in [1.82, 2.24) is 9.55 Å². The molecular weight excluding hydrogens is 444 g/mol. The van der Waals surface area contributed by atoms with Crippen LogP contribution < -0.4 is 11.3 Å². The zero-order valence-electron chi connectivity index (χ0n) is 18.1. The van der Waals surface area contributed by atoms with Crippen molar-refractivity contribution < 1.29 is 19.1 Å². The van der Waals surface area contributed by atoms with Crippen LogP contribution in [0.25, 0.3) is 10.9 Å². The molecule has 0 spiro atoms. The summed E-state index contributed by atoms with van der Waals surface area (Å²) in [7, 11) is 0. The molecular formula is C23H22N4O5S. The minimum atomic E-state index is -0.669. The van der Waals surface area contributed by atoms with Crippen molar-refractivity contribution in [2.45, 2.75) is 45.8 Å². The second-order valence-corrected chi connectivity index (χ2v) is 8.64. The maximum Gasteiger partial charge on any atom is 0.348 e. The first kappa shape index (κ1) is 22.5. The van der Waals surface area contributed by atoms with Gasteiger partial charge in [-0.05, 0) is 38.0 Å². The number of fused-ring (bicyclic) bond motifs is 2. The second kappa shape index (κ2) is 9.42. The van der Waals surface area contributed by atoms with Crippen molar-refractivity contribution in [2.24, 2.45) is 0 Å². The van der Waals surface area contributed by atoms with Crippen LogP contribution in [0.1, 0.15) is 63.2 Å². The fourth-order valence-corrected chi connectivity index (χ4v) is 4.79. The van der Waals surface area contributed by atoms with E-state index in [1.54, 1.807) is 17.6 Å². The average Bonchev–Trinajstić information content (AvgIpc) is 2.95. The molecule has 0 aliphatic carbocycles. The molecule has 3 heterocycles. The normalized spacial score (nSPS) is 13.1. The monoisotopic (exact) mass is 466 g/mol. The summed E-state index contributed by atoms with van der Waals surface area (Å²) < 4.78 is 12.1. The van der Waals surface area contributed by atoms with Crippen LogP contribution in [0, 0.1) is 11.3 Å². The highest BCUT2D eigenvalue weighted by atomic mass is 32.1. The van der Waals surface area contributed by atoms with Gasteiger partial charge < -0.3 is 15.2 Å². The zero-order chi connectivity index (χ0) is 23.5. The van der Waals surface area contributed by atoms with Crippen molar-refractivity contribution in [2.75, 3.05) is 12.3 Å². The largest absolute Gasteiger partial charge is 0.462 e. The number of ether oxygens (including phenoxy) is 2. The highest BCUT2D eigenvalue weighted by molar-refractivity contribution is 7.18. The molecule has 0 unspecified atom stereocenters. The number of nitrogens with zero attached hydrogens (tertiary/aromatic N) is 3. The van der Waals surface area contributed by atoms with Crippen LogP contribution in [0.15, 0.2) is 23.0 Å². The molecule has 0 amide bonds. The summed E-state index contributed by atoms with van der Waals surface area (Å²) in [6.07, 6.45) is 3.67. The smallest absolute Gasteiger partial charge is 0.348 e. The van der Waals surface area contributed by atoms with E-state index in [-0.39, 0.29) is 45.3 Å². The number of hydrogen-bond donors (Lipinski definition) is 1. The van der Waals surface area contributed by atoms with Crippen LogP contribution in [0.5, 0.6) is 0 Å². The van der Waals surface area contributed by atoms with E-state index in [0.29, 0.717) is 23.9 Å². The molecule has 4 rings (SSSR count). The molecule has 170 valence electrons. The third kappa shape index (κ3) is 4.32. The van der Waals surface area contributed by atoms with E-state index in [1.165, 1.54) is 12.1 Å². The molecule has 1 aromatic carbocycles. The fraction of sp³-hybridized carbons (Fsp3) is 0.348. The first-order valence-corrected chi connectivity index (χ1v) is 11.4. The van der Waals surface area contributed by atoms with Crippen LogP contribution in [0.2, 0.25) is 0 Å². The fourth-order valence-electron chi connectivity index (χ4n) is 3.87. The quantitative estimate of drug-likeness (QED) is 0.566. The second-order valence-electron chi connectivity index (χ2n) is 7.58. The Morgan fingerprint density at radius 1 is 1.24 bits per heavy atom. The summed E-state index contributed by atoms with van der Waals surface area (Å²) in [6.45, 7) is 2.15. The number of esters is 2. The number of carbonyl (C=O) groups is 2. The molecule has 3 aromatic rings. The van der Waals surface area contributed by atoms with Gasteiger partial charge in [0.1, 0.15) is 28.4 Å². The molecule has 0 fully saturated rings. The summed E-state index contributed by atoms with van der Waals surface area (Å²) in [6, 6.07) is 6.57. The molecule has 2 N–H and O–H groups in total. The van der Waals surface area contributed by atoms with Gasteiger partial charge in [0.15, 0.2) is 0 Å². The lowest BCUT2D eigenvalue weighted by atomic mass is 10.1. The van der Waals surface area contributed by atoms with Crippen LogP contribution in [-0.4, -0.2) is 28.1 Å². The molecule has 33 heavy (non-hydrogen) atoms. The summed E-state index contributed by atoms with van der Waals surface area (Å²) in [5.41, 5.74) is 6.71. The van der Waals surface area contributed by atoms with Crippen molar-refractivity contribution in [3.63, 3.8) is 0 Å². The molecule has 0 atom stereocenters. The van der Waals surface area contributed by atoms with E-state index in [0.717, 1.165) is 36.4 Å². The number of anilines is 1. The van der Waals surface area contributed by atoms with Gasteiger partial charge in [-0.15, -0.1) is 11.3 Å². The van der Waals surface area contributed by atoms with Crippen LogP contribution in [0.4, 0.5) is 5.00 Å². The van der Waals surface area contributed by atoms with Gasteiger partial charge in [-0.25, -0.2) is 14.6 Å². The van der Waals surface area contributed by atoms with Gasteiger partial charge in [-0.1, -0.05) is 6.42 Å². The summed E-state index contributed by atoms with van der Waals surface area (Å²) in [5.74, 6) is -0.572. The molecule has 0 radical (unpaired) electrons. The number of nitrogens with two attached hydrogens (primary N) is 1. The number of aryl methyl sites for hydroxylation is 1. The lowest BCUT2D eigenvalue weighted by molar-refractivity contribution is 0.0453. The van der Waals surface area contributed by atoms with Gasteiger partial charge in [0.25, 0.3) is 5.56 Å². The Morgan fingerprint density at radius 3 is 2.82 bits per heavy atom. The lowest BCUT2D eigenvalue weighted by Crippen LogP contribution is -2.24. The third-order valence-corrected chi connectivity index (χ3v) is 6.55. The van der Waals surface area contributed by atoms with Crippen molar-refractivity contribution in [3.8, 4) is 6.07 Å². The van der Waals surface area contributed by atoms with Crippen LogP contribution >= 0.6 is 11.3 Å². The SMILES string of the molecule is CCOC(=O)c1sc(N)c(C#N)c1COC(=O)c1ccc2c(=O)n3c(nc2c1)CCCCC3. The molecule has 0 bridgehead atoms. The number of thiophene rings is 1. The predicted octanol–water partition coefficient (Wildman–Crippen LogP) is 3.17. The number of benzene rings is 1. The Morgan fingerprint density at radius 2 is 2.06 bits per heavy atom. The molecule has 0 saturated heterocycles. The van der Waals surface area contributed by atoms with Crippen molar-refractivity contribution in [3.05, 3.63) is 55.9 Å². The standard InChI is InChI=1S/C23H22N4O5S/c1-2-31-23(30)19-16(15(11-24)20(25)33-19)12-32-22(29)13-7-8-14-17(10-13)26-18-6-4-3-5-9-27(18)21(14)28/h7-8,10H,2-6,9,12,25H2,1H3. The van der Waals surface area contributed by atoms with Gasteiger partial charge in [-0.3, -0.25) is 9.36 Å². The van der Waals surface area contributed by atoms with Gasteiger partial charge in [0.05, 0.1) is 28.6 Å². The highest BCUT2D eigenvalue weighted by Gasteiger charge is 2.24. The average molecular weight is 467 g/mol. The zero-order valence-corrected chi connectivity index (χ0v) is 18.9. The number of carbonyl (C=O) groups excluding carboxylic acids is 2. The van der Waals surface area contributed by atoms with Crippen molar-refractivity contribution >= 4 is 39.2 Å². The van der Waals surface area contributed by atoms with E-state index in [4.69, 9.17) is 15.2 Å². The first-order chi connectivity index (χ1) is 15.9. The number of nitrogen functional groups attached to an aromatic ring is 1. The number of rotatable bonds is 5. The molecule has 10 heteroatoms. The van der Waals surface area contributed by atoms with Gasteiger partial charge >= 0.3 is 11.9 Å². The van der Waals surface area contributed by atoms with E-state index < -0.39 is 11.9 Å². The molecule has 0 saturated carbocycles. The van der Waals surface area contributed by atoms with E-state index >= 15 is 0 Å². The first-order valence-electron chi connectivity index (χ1n) is 10.6. The van der Waals surface area contributed by atoms with Gasteiger partial charge in [0.2, 0.25) is 0 Å². The summed E-state index contributed by atoms with van der Waals surface area (Å²) in [5, 5.41) is 10.0. The van der Waals surface area contributed by atoms with Gasteiger partial charge in [-0.2, -0.15) is 5.26 Å². The number of hydrogen-bond acceptors (Lipinski definition) is 9. The Hall–Kier alpha value is -3.71. The molecule has 9 nitrogen and oxygen atoms in total. The summed E-state index contributed by atoms with van der Waals surface area (Å²) >= 11 is 0.922. The van der Waals surface area contributed by atoms with Crippen LogP contribution in [-0.2, 0) is 29.0 Å². The van der Waals surface area contributed by atoms with Crippen LogP contribution in [0.3, 0.4) is 0 Å². The topological polar surface area (TPSA) is 137 Å². The lowest BCUT2D eigenvalue weighted by Gasteiger charge is -2.11. The third-order valence-electron chi connectivity index (χ3n) is 5.51. The Kier molecular flexibility index (Phi) is 6.42. The Bertz CT molecular complexity index is 1350.